The first-order valence-corrected chi connectivity index (χ1v) is 7.98. The minimum absolute atomic E-state index is 0.772. The third-order valence-corrected chi connectivity index (χ3v) is 4.35. The Hall–Kier alpha value is -2.73. The number of aryl methyl sites for hydroxylation is 1. The van der Waals surface area contributed by atoms with Crippen molar-refractivity contribution in [3.63, 3.8) is 0 Å². The van der Waals surface area contributed by atoms with Gasteiger partial charge in [-0.25, -0.2) is 9.97 Å². The molecule has 0 bridgehead atoms. The molecule has 4 aromatic rings. The third-order valence-electron chi connectivity index (χ3n) is 3.40. The van der Waals surface area contributed by atoms with Crippen molar-refractivity contribution in [1.82, 2.24) is 24.6 Å². The molecule has 112 valence electrons. The van der Waals surface area contributed by atoms with E-state index in [0.29, 0.717) is 0 Å². The molecule has 0 spiro atoms. The van der Waals surface area contributed by atoms with Crippen LogP contribution in [0.3, 0.4) is 0 Å². The van der Waals surface area contributed by atoms with E-state index in [1.165, 1.54) is 0 Å². The highest BCUT2D eigenvalue weighted by Gasteiger charge is 2.11. The van der Waals surface area contributed by atoms with Crippen LogP contribution in [0.15, 0.2) is 71.1 Å². The number of fused-ring (bicyclic) bond motifs is 1. The first-order valence-electron chi connectivity index (χ1n) is 7.16. The zero-order valence-corrected chi connectivity index (χ0v) is 13.2. The molecule has 0 fully saturated rings. The van der Waals surface area contributed by atoms with Crippen molar-refractivity contribution in [2.24, 2.45) is 0 Å². The van der Waals surface area contributed by atoms with E-state index < -0.39 is 0 Å². The van der Waals surface area contributed by atoms with Crippen LogP contribution in [0.25, 0.3) is 16.9 Å². The normalized spacial score (nSPS) is 11.0. The monoisotopic (exact) mass is 319 g/mol. The van der Waals surface area contributed by atoms with Gasteiger partial charge in [0.1, 0.15) is 6.33 Å². The number of hydrogen-bond acceptors (Lipinski definition) is 5. The van der Waals surface area contributed by atoms with Gasteiger partial charge >= 0.3 is 0 Å². The largest absolute Gasteiger partial charge is 0.261 e. The van der Waals surface area contributed by atoms with E-state index in [-0.39, 0.29) is 0 Å². The van der Waals surface area contributed by atoms with Crippen LogP contribution in [0, 0.1) is 6.92 Å². The second kappa shape index (κ2) is 5.81. The number of hydrogen-bond donors (Lipinski definition) is 0. The smallest absolute Gasteiger partial charge is 0.196 e. The van der Waals surface area contributed by atoms with Crippen LogP contribution in [0.2, 0.25) is 0 Å². The molecule has 6 heteroatoms. The molecule has 0 radical (unpaired) electrons. The van der Waals surface area contributed by atoms with Crippen molar-refractivity contribution in [3.8, 4) is 11.3 Å². The van der Waals surface area contributed by atoms with Crippen molar-refractivity contribution in [2.75, 3.05) is 0 Å². The van der Waals surface area contributed by atoms with E-state index in [1.54, 1.807) is 22.6 Å². The maximum absolute atomic E-state index is 4.75. The van der Waals surface area contributed by atoms with Crippen molar-refractivity contribution >= 4 is 17.4 Å². The number of benzene rings is 1. The molecule has 0 N–H and O–H groups in total. The number of rotatable bonds is 3. The van der Waals surface area contributed by atoms with Gasteiger partial charge in [-0.2, -0.15) is 9.61 Å². The maximum Gasteiger partial charge on any atom is 0.196 e. The van der Waals surface area contributed by atoms with E-state index in [1.807, 2.05) is 49.5 Å². The third kappa shape index (κ3) is 2.80. The minimum Gasteiger partial charge on any atom is -0.261 e. The van der Waals surface area contributed by atoms with Gasteiger partial charge in [0.05, 0.1) is 5.69 Å². The molecule has 0 atom stereocenters. The molecule has 0 amide bonds. The van der Waals surface area contributed by atoms with E-state index in [2.05, 4.69) is 27.2 Å². The van der Waals surface area contributed by atoms with Gasteiger partial charge in [-0.1, -0.05) is 18.2 Å². The van der Waals surface area contributed by atoms with Crippen LogP contribution < -0.4 is 0 Å². The summed E-state index contributed by atoms with van der Waals surface area (Å²) in [5, 5.41) is 5.05. The fourth-order valence-corrected chi connectivity index (χ4v) is 3.10. The summed E-state index contributed by atoms with van der Waals surface area (Å²) in [6, 6.07) is 16.0. The van der Waals surface area contributed by atoms with E-state index >= 15 is 0 Å². The van der Waals surface area contributed by atoms with Gasteiger partial charge in [0.15, 0.2) is 10.8 Å². The second-order valence-electron chi connectivity index (χ2n) is 5.06. The Bertz CT molecular complexity index is 948. The Labute approximate surface area is 137 Å². The Morgan fingerprint density at radius 3 is 2.65 bits per heavy atom. The average Bonchev–Trinajstić information content (AvgIpc) is 3.05. The molecule has 3 aromatic heterocycles. The van der Waals surface area contributed by atoms with Gasteiger partial charge < -0.3 is 0 Å². The summed E-state index contributed by atoms with van der Waals surface area (Å²) >= 11 is 1.56. The summed E-state index contributed by atoms with van der Waals surface area (Å²) in [5.41, 5.74) is 3.57. The molecular formula is C17H13N5S. The molecule has 0 saturated heterocycles. The Balaban J connectivity index is 1.82. The molecule has 1 aromatic carbocycles. The Kier molecular flexibility index (Phi) is 3.51. The van der Waals surface area contributed by atoms with Gasteiger partial charge in [-0.05, 0) is 43.0 Å². The SMILES string of the molecule is Cc1ccc(-c2cc3ncnn3c(Sc3ccccc3)n2)cn1. The molecule has 23 heavy (non-hydrogen) atoms. The lowest BCUT2D eigenvalue weighted by molar-refractivity contribution is 0.797. The maximum atomic E-state index is 4.75. The lowest BCUT2D eigenvalue weighted by Gasteiger charge is -2.07. The van der Waals surface area contributed by atoms with Crippen molar-refractivity contribution in [2.45, 2.75) is 17.0 Å². The summed E-state index contributed by atoms with van der Waals surface area (Å²) in [7, 11) is 0. The number of pyridine rings is 1. The Morgan fingerprint density at radius 2 is 1.87 bits per heavy atom. The van der Waals surface area contributed by atoms with Gasteiger partial charge in [-0.3, -0.25) is 4.98 Å². The summed E-state index contributed by atoms with van der Waals surface area (Å²) < 4.78 is 1.75. The van der Waals surface area contributed by atoms with Gasteiger partial charge in [-0.15, -0.1) is 0 Å². The van der Waals surface area contributed by atoms with Crippen molar-refractivity contribution < 1.29 is 0 Å². The van der Waals surface area contributed by atoms with Crippen LogP contribution >= 0.6 is 11.8 Å². The molecule has 3 heterocycles. The van der Waals surface area contributed by atoms with Crippen LogP contribution in [0.5, 0.6) is 0 Å². The quantitative estimate of drug-likeness (QED) is 0.540. The molecule has 4 rings (SSSR count). The van der Waals surface area contributed by atoms with Gasteiger partial charge in [0, 0.05) is 28.4 Å². The lowest BCUT2D eigenvalue weighted by Crippen LogP contribution is -1.98. The Morgan fingerprint density at radius 1 is 1.00 bits per heavy atom. The summed E-state index contributed by atoms with van der Waals surface area (Å²) in [4.78, 5) is 14.5. The van der Waals surface area contributed by atoms with Crippen molar-refractivity contribution in [3.05, 3.63) is 66.7 Å². The molecule has 0 aliphatic carbocycles. The number of nitrogens with zero attached hydrogens (tertiary/aromatic N) is 5. The first-order chi connectivity index (χ1) is 11.3. The van der Waals surface area contributed by atoms with E-state index in [0.717, 1.165) is 32.7 Å². The fraction of sp³-hybridized carbons (Fsp3) is 0.0588. The topological polar surface area (TPSA) is 56.0 Å². The minimum atomic E-state index is 0.772. The lowest BCUT2D eigenvalue weighted by atomic mass is 10.2. The first kappa shape index (κ1) is 13.9. The van der Waals surface area contributed by atoms with Crippen LogP contribution in [-0.2, 0) is 0 Å². The predicted octanol–water partition coefficient (Wildman–Crippen LogP) is 3.65. The standard InChI is InChI=1S/C17H13N5S/c1-12-7-8-13(10-18-12)15-9-16-19-11-20-22(16)17(21-15)23-14-5-3-2-4-6-14/h2-11H,1H3. The summed E-state index contributed by atoms with van der Waals surface area (Å²) in [6.07, 6.45) is 3.38. The summed E-state index contributed by atoms with van der Waals surface area (Å²) in [6.45, 7) is 1.97. The molecule has 0 unspecified atom stereocenters. The van der Waals surface area contributed by atoms with Crippen molar-refractivity contribution in [1.29, 1.82) is 0 Å². The fourth-order valence-electron chi connectivity index (χ4n) is 2.23. The predicted molar refractivity (Wildman–Crippen MR) is 89.3 cm³/mol. The van der Waals surface area contributed by atoms with Gasteiger partial charge in [0.2, 0.25) is 0 Å². The summed E-state index contributed by atoms with van der Waals surface area (Å²) in [5.74, 6) is 0. The van der Waals surface area contributed by atoms with Crippen LogP contribution in [0.4, 0.5) is 0 Å². The average molecular weight is 319 g/mol. The van der Waals surface area contributed by atoms with E-state index in [4.69, 9.17) is 4.98 Å². The molecule has 5 nitrogen and oxygen atoms in total. The van der Waals surface area contributed by atoms with Crippen LogP contribution in [-0.4, -0.2) is 24.6 Å². The van der Waals surface area contributed by atoms with Crippen LogP contribution in [0.1, 0.15) is 5.69 Å². The zero-order valence-electron chi connectivity index (χ0n) is 12.4. The molecule has 0 saturated carbocycles. The zero-order chi connectivity index (χ0) is 15.6. The highest BCUT2D eigenvalue weighted by molar-refractivity contribution is 7.99. The van der Waals surface area contributed by atoms with E-state index in [9.17, 15) is 0 Å². The molecule has 0 aliphatic heterocycles. The molecular weight excluding hydrogens is 306 g/mol. The number of aromatic nitrogens is 5. The second-order valence-corrected chi connectivity index (χ2v) is 6.10. The highest BCUT2D eigenvalue weighted by atomic mass is 32.2. The van der Waals surface area contributed by atoms with Gasteiger partial charge in [0.25, 0.3) is 0 Å². The molecule has 0 aliphatic rings. The highest BCUT2D eigenvalue weighted by Crippen LogP contribution is 2.28.